The van der Waals surface area contributed by atoms with E-state index in [-0.39, 0.29) is 24.0 Å². The first-order valence-electron chi connectivity index (χ1n) is 8.49. The van der Waals surface area contributed by atoms with Crippen LogP contribution in [0, 0.1) is 12.8 Å². The van der Waals surface area contributed by atoms with Crippen LogP contribution in [0.2, 0.25) is 0 Å². The molecular weight excluding hydrogens is 292 g/mol. The summed E-state index contributed by atoms with van der Waals surface area (Å²) in [5.74, 6) is 1.01. The minimum atomic E-state index is 0.0584. The zero-order valence-electron chi connectivity index (χ0n) is 13.7. The van der Waals surface area contributed by atoms with Gasteiger partial charge in [0, 0.05) is 30.5 Å². The third kappa shape index (κ3) is 4.24. The fourth-order valence-corrected chi connectivity index (χ4v) is 3.28. The molecule has 5 nitrogen and oxygen atoms in total. The normalized spacial score (nSPS) is 27.1. The Labute approximate surface area is 137 Å². The van der Waals surface area contributed by atoms with E-state index in [4.69, 9.17) is 15.2 Å². The average molecular weight is 318 g/mol. The number of carbonyl (C=O) groups excluding carboxylic acids is 1. The summed E-state index contributed by atoms with van der Waals surface area (Å²) in [6.45, 7) is 3.93. The molecule has 23 heavy (non-hydrogen) atoms. The molecule has 0 aromatic heterocycles. The highest BCUT2D eigenvalue weighted by Gasteiger charge is 2.27. The molecule has 1 amide bonds. The Morgan fingerprint density at radius 2 is 2.26 bits per heavy atom. The van der Waals surface area contributed by atoms with Gasteiger partial charge in [0.2, 0.25) is 5.91 Å². The number of ether oxygens (including phenoxy) is 2. The second-order valence-electron chi connectivity index (χ2n) is 6.70. The predicted octanol–water partition coefficient (Wildman–Crippen LogP) is 1.91. The summed E-state index contributed by atoms with van der Waals surface area (Å²) in [5.41, 5.74) is 8.05. The third-order valence-corrected chi connectivity index (χ3v) is 4.70. The number of amides is 1. The predicted molar refractivity (Wildman–Crippen MR) is 88.2 cm³/mol. The largest absolute Gasteiger partial charge is 0.488 e. The molecule has 0 unspecified atom stereocenters. The van der Waals surface area contributed by atoms with Gasteiger partial charge in [0.15, 0.2) is 0 Å². The standard InChI is InChI=1S/C18H26N2O3/c1-12-2-3-14(17(8-12)23-16-6-7-22-11-16)10-20-18(21)13-4-5-15(19)9-13/h2-3,8,13,15-16H,4-7,9-11,19H2,1H3,(H,20,21)/t13-,15+,16+/m1/s1. The fraction of sp³-hybridized carbons (Fsp3) is 0.611. The van der Waals surface area contributed by atoms with Crippen LogP contribution in [0.25, 0.3) is 0 Å². The Kier molecular flexibility index (Phi) is 5.18. The molecule has 1 aliphatic heterocycles. The smallest absolute Gasteiger partial charge is 0.223 e. The molecule has 1 heterocycles. The van der Waals surface area contributed by atoms with Gasteiger partial charge in [-0.25, -0.2) is 0 Å². The van der Waals surface area contributed by atoms with Crippen molar-refractivity contribution in [2.45, 2.75) is 51.3 Å². The van der Waals surface area contributed by atoms with E-state index in [1.54, 1.807) is 0 Å². The number of nitrogens with one attached hydrogen (secondary N) is 1. The van der Waals surface area contributed by atoms with Crippen LogP contribution in [0.3, 0.4) is 0 Å². The van der Waals surface area contributed by atoms with Gasteiger partial charge in [-0.1, -0.05) is 12.1 Å². The highest BCUT2D eigenvalue weighted by molar-refractivity contribution is 5.79. The molecule has 1 aliphatic carbocycles. The maximum Gasteiger partial charge on any atom is 0.223 e. The van der Waals surface area contributed by atoms with Crippen molar-refractivity contribution in [3.05, 3.63) is 29.3 Å². The highest BCUT2D eigenvalue weighted by atomic mass is 16.5. The third-order valence-electron chi connectivity index (χ3n) is 4.70. The summed E-state index contributed by atoms with van der Waals surface area (Å²) in [5, 5.41) is 3.04. The summed E-state index contributed by atoms with van der Waals surface area (Å²) in [6.07, 6.45) is 3.66. The number of carbonyl (C=O) groups is 1. The molecule has 1 aromatic rings. The first-order chi connectivity index (χ1) is 11.1. The van der Waals surface area contributed by atoms with E-state index in [1.807, 2.05) is 25.1 Å². The number of rotatable bonds is 5. The first kappa shape index (κ1) is 16.3. The Hall–Kier alpha value is -1.59. The molecular formula is C18H26N2O3. The lowest BCUT2D eigenvalue weighted by atomic mass is 10.1. The van der Waals surface area contributed by atoms with E-state index >= 15 is 0 Å². The zero-order chi connectivity index (χ0) is 16.2. The Morgan fingerprint density at radius 3 is 2.96 bits per heavy atom. The molecule has 0 radical (unpaired) electrons. The summed E-state index contributed by atoms with van der Waals surface area (Å²) < 4.78 is 11.4. The number of aryl methyl sites for hydroxylation is 1. The molecule has 3 rings (SSSR count). The van der Waals surface area contributed by atoms with Crippen molar-refractivity contribution in [1.82, 2.24) is 5.32 Å². The molecule has 3 atom stereocenters. The Balaban J connectivity index is 1.61. The summed E-state index contributed by atoms with van der Waals surface area (Å²) in [7, 11) is 0. The van der Waals surface area contributed by atoms with Crippen molar-refractivity contribution in [3.63, 3.8) is 0 Å². The average Bonchev–Trinajstić information content (AvgIpc) is 3.18. The number of hydrogen-bond donors (Lipinski definition) is 2. The van der Waals surface area contributed by atoms with Crippen molar-refractivity contribution in [2.24, 2.45) is 11.7 Å². The Bertz CT molecular complexity index is 555. The van der Waals surface area contributed by atoms with Crippen LogP contribution >= 0.6 is 0 Å². The number of hydrogen-bond acceptors (Lipinski definition) is 4. The van der Waals surface area contributed by atoms with Gasteiger partial charge in [-0.2, -0.15) is 0 Å². The van der Waals surface area contributed by atoms with Crippen molar-refractivity contribution < 1.29 is 14.3 Å². The molecule has 3 N–H and O–H groups in total. The zero-order valence-corrected chi connectivity index (χ0v) is 13.7. The second kappa shape index (κ2) is 7.32. The van der Waals surface area contributed by atoms with E-state index in [0.29, 0.717) is 13.2 Å². The van der Waals surface area contributed by atoms with Crippen LogP contribution in [-0.4, -0.2) is 31.3 Å². The van der Waals surface area contributed by atoms with Gasteiger partial charge in [0.25, 0.3) is 0 Å². The lowest BCUT2D eigenvalue weighted by Crippen LogP contribution is -2.30. The van der Waals surface area contributed by atoms with E-state index in [9.17, 15) is 4.79 Å². The van der Waals surface area contributed by atoms with E-state index in [0.717, 1.165) is 49.2 Å². The molecule has 1 aromatic carbocycles. The summed E-state index contributed by atoms with van der Waals surface area (Å²) in [6, 6.07) is 6.28. The van der Waals surface area contributed by atoms with Crippen molar-refractivity contribution in [1.29, 1.82) is 0 Å². The first-order valence-corrected chi connectivity index (χ1v) is 8.49. The van der Waals surface area contributed by atoms with E-state index in [2.05, 4.69) is 5.32 Å². The van der Waals surface area contributed by atoms with Gasteiger partial charge < -0.3 is 20.5 Å². The van der Waals surface area contributed by atoms with Crippen molar-refractivity contribution >= 4 is 5.91 Å². The molecule has 5 heteroatoms. The molecule has 126 valence electrons. The van der Waals surface area contributed by atoms with Gasteiger partial charge in [0.1, 0.15) is 11.9 Å². The maximum absolute atomic E-state index is 12.3. The van der Waals surface area contributed by atoms with Gasteiger partial charge in [-0.3, -0.25) is 4.79 Å². The molecule has 0 bridgehead atoms. The molecule has 0 spiro atoms. The molecule has 1 saturated heterocycles. The lowest BCUT2D eigenvalue weighted by molar-refractivity contribution is -0.125. The quantitative estimate of drug-likeness (QED) is 0.870. The van der Waals surface area contributed by atoms with Crippen LogP contribution < -0.4 is 15.8 Å². The van der Waals surface area contributed by atoms with Crippen LogP contribution in [0.5, 0.6) is 5.75 Å². The van der Waals surface area contributed by atoms with Gasteiger partial charge >= 0.3 is 0 Å². The van der Waals surface area contributed by atoms with Crippen LogP contribution in [0.15, 0.2) is 18.2 Å². The second-order valence-corrected chi connectivity index (χ2v) is 6.70. The summed E-state index contributed by atoms with van der Waals surface area (Å²) >= 11 is 0. The van der Waals surface area contributed by atoms with E-state index in [1.165, 1.54) is 0 Å². The number of nitrogens with two attached hydrogens (primary N) is 1. The molecule has 2 aliphatic rings. The Morgan fingerprint density at radius 1 is 1.39 bits per heavy atom. The van der Waals surface area contributed by atoms with E-state index < -0.39 is 0 Å². The molecule has 1 saturated carbocycles. The van der Waals surface area contributed by atoms with Gasteiger partial charge in [-0.05, 0) is 37.8 Å². The minimum Gasteiger partial charge on any atom is -0.488 e. The SMILES string of the molecule is Cc1ccc(CNC(=O)[C@@H]2CC[C@H](N)C2)c(O[C@H]2CCOC2)c1. The number of benzene rings is 1. The topological polar surface area (TPSA) is 73.6 Å². The van der Waals surface area contributed by atoms with Crippen molar-refractivity contribution in [3.8, 4) is 5.75 Å². The van der Waals surface area contributed by atoms with Crippen LogP contribution in [0.1, 0.15) is 36.8 Å². The van der Waals surface area contributed by atoms with Gasteiger partial charge in [0.05, 0.1) is 13.2 Å². The summed E-state index contributed by atoms with van der Waals surface area (Å²) in [4.78, 5) is 12.3. The lowest BCUT2D eigenvalue weighted by Gasteiger charge is -2.17. The minimum absolute atomic E-state index is 0.0584. The highest BCUT2D eigenvalue weighted by Crippen LogP contribution is 2.26. The van der Waals surface area contributed by atoms with Crippen molar-refractivity contribution in [2.75, 3.05) is 13.2 Å². The van der Waals surface area contributed by atoms with Crippen LogP contribution in [-0.2, 0) is 16.1 Å². The van der Waals surface area contributed by atoms with Gasteiger partial charge in [-0.15, -0.1) is 0 Å². The van der Waals surface area contributed by atoms with Crippen LogP contribution in [0.4, 0.5) is 0 Å². The fourth-order valence-electron chi connectivity index (χ4n) is 3.28. The monoisotopic (exact) mass is 318 g/mol. The molecule has 2 fully saturated rings. The maximum atomic E-state index is 12.3.